The number of oxazole rings is 2. The van der Waals surface area contributed by atoms with Crippen LogP contribution in [0.3, 0.4) is 0 Å². The number of hydrogen-bond acceptors (Lipinski definition) is 12. The molecule has 0 N–H and O–H groups in total. The predicted molar refractivity (Wildman–Crippen MR) is 522 cm³/mol. The molecule has 0 atom stereocenters. The third-order valence-electron chi connectivity index (χ3n) is 19.1. The van der Waals surface area contributed by atoms with E-state index in [1.54, 1.807) is 0 Å². The van der Waals surface area contributed by atoms with Crippen molar-refractivity contribution in [2.24, 2.45) is 59.2 Å². The van der Waals surface area contributed by atoms with Gasteiger partial charge in [-0.1, -0.05) is 260 Å². The van der Waals surface area contributed by atoms with Gasteiger partial charge in [-0.3, -0.25) is 14.0 Å². The van der Waals surface area contributed by atoms with Crippen LogP contribution in [0.2, 0.25) is 0 Å². The molecule has 0 aliphatic rings. The molecule has 120 heavy (non-hydrogen) atoms. The minimum Gasteiger partial charge on any atom is -0.446 e. The Morgan fingerprint density at radius 3 is 1.22 bits per heavy atom. The zero-order valence-electron chi connectivity index (χ0n) is 81.6. The number of rotatable bonds is 38. The third-order valence-corrected chi connectivity index (χ3v) is 19.1. The molecular weight excluding hydrogens is 1480 g/mol. The van der Waals surface area contributed by atoms with Crippen molar-refractivity contribution < 1.29 is 8.83 Å². The highest BCUT2D eigenvalue weighted by Gasteiger charge is 2.13. The number of allylic oxidation sites excluding steroid dienone is 2. The highest BCUT2D eigenvalue weighted by molar-refractivity contribution is 5.09. The van der Waals surface area contributed by atoms with Crippen LogP contribution in [0.1, 0.15) is 461 Å². The molecule has 0 aliphatic heterocycles. The molecule has 8 rings (SSSR count). The zero-order valence-corrected chi connectivity index (χ0v) is 81.6. The minimum atomic E-state index is 0. The number of aryl methyl sites for hydroxylation is 8. The summed E-state index contributed by atoms with van der Waals surface area (Å²) in [6.07, 6.45) is 49.1. The Labute approximate surface area is 742 Å². The lowest BCUT2D eigenvalue weighted by Gasteiger charge is -2.04. The summed E-state index contributed by atoms with van der Waals surface area (Å²) in [5.41, 5.74) is 7.32. The molecule has 0 unspecified atom stereocenters. The number of aromatic nitrogens is 16. The molecule has 0 saturated heterocycles. The second kappa shape index (κ2) is 69.7. The van der Waals surface area contributed by atoms with Gasteiger partial charge in [-0.2, -0.15) is 10.2 Å². The largest absolute Gasteiger partial charge is 0.446 e. The standard InChI is InChI=1S/2C13H24N2.C13H23NO.C12H23N3.C12H24.2C9H16N2.C9H15NO.C8H15N3.4CH4/c1-11(2)5-6-13-9-15(10-14-13)8-7-12(3)4;1-11(2)5-6-13-9-14-15(10-13)8-7-12(3)4;1-10(2)5-7-12-9-14-13(15-12)8-6-11(3)4;1-10(2)5-6-12-9-15(14-13-12)8-7-11(3)4;1-11(2)9-7-5-6-8-10-12(3)4;1-7(2)9-5-11(6-10-9)8(3)4;1-7(2)9-5-10-11(6-9)8(3)4;1-6(2)8-5-10-9(11-8)7(3)4;1-6(2)8-5-11(7(3)4)10-9-8;;;;/h2*9-12H,5-8H2,1-4H3;2*9-11H,5-8H2,1-4H3;5-6,11-12H,7-10H2,1-4H3;2*5-8H,1-4H3;2*5-7H,1-4H3;4*1H4. The Bertz CT molecular complexity index is 2930. The monoisotopic (exact) mass is 1680 g/mol. The maximum Gasteiger partial charge on any atom is 0.196 e. The first-order valence-electron chi connectivity index (χ1n) is 45.8. The summed E-state index contributed by atoms with van der Waals surface area (Å²) in [6, 6.07) is 1.41. The molecule has 0 saturated carbocycles. The molecule has 0 spiro atoms. The van der Waals surface area contributed by atoms with Gasteiger partial charge >= 0.3 is 0 Å². The maximum atomic E-state index is 5.67. The molecule has 0 amide bonds. The summed E-state index contributed by atoms with van der Waals surface area (Å²) in [7, 11) is 0. The molecule has 8 aromatic rings. The van der Waals surface area contributed by atoms with Crippen LogP contribution in [-0.4, -0.2) is 78.6 Å². The lowest BCUT2D eigenvalue weighted by atomic mass is 10.1. The minimum absolute atomic E-state index is 0. The van der Waals surface area contributed by atoms with Crippen LogP contribution in [0.4, 0.5) is 0 Å². The summed E-state index contributed by atoms with van der Waals surface area (Å²) in [5, 5.41) is 25.0. The van der Waals surface area contributed by atoms with Crippen LogP contribution in [0, 0.1) is 59.2 Å². The summed E-state index contributed by atoms with van der Waals surface area (Å²) in [4.78, 5) is 17.2. The van der Waals surface area contributed by atoms with Crippen molar-refractivity contribution in [2.75, 3.05) is 0 Å². The first-order valence-corrected chi connectivity index (χ1v) is 45.8. The molecule has 0 fully saturated rings. The fraction of sp³-hybridized carbons (Fsp3) is 0.765. The van der Waals surface area contributed by atoms with Gasteiger partial charge in [-0.15, -0.1) is 10.2 Å². The fourth-order valence-corrected chi connectivity index (χ4v) is 10.4. The Morgan fingerprint density at radius 2 is 0.808 bits per heavy atom. The highest BCUT2D eigenvalue weighted by Crippen LogP contribution is 2.22. The molecule has 0 aromatic carbocycles. The van der Waals surface area contributed by atoms with E-state index in [2.05, 4.69) is 357 Å². The van der Waals surface area contributed by atoms with Crippen molar-refractivity contribution in [1.82, 2.24) is 78.6 Å². The van der Waals surface area contributed by atoms with Crippen LogP contribution in [-0.2, 0) is 51.7 Å². The van der Waals surface area contributed by atoms with Gasteiger partial charge < -0.3 is 18.0 Å². The highest BCUT2D eigenvalue weighted by atomic mass is 16.4. The van der Waals surface area contributed by atoms with E-state index in [0.29, 0.717) is 47.7 Å². The van der Waals surface area contributed by atoms with E-state index in [1.165, 1.54) is 99.6 Å². The molecule has 0 bridgehead atoms. The van der Waals surface area contributed by atoms with Gasteiger partial charge in [0.15, 0.2) is 11.8 Å². The van der Waals surface area contributed by atoms with Crippen LogP contribution in [0.5, 0.6) is 0 Å². The van der Waals surface area contributed by atoms with E-state index >= 15 is 0 Å². The average molecular weight is 1680 g/mol. The molecule has 18 heteroatoms. The van der Waals surface area contributed by atoms with Gasteiger partial charge in [0.05, 0.1) is 60.2 Å². The van der Waals surface area contributed by atoms with Gasteiger partial charge in [-0.05, 0) is 226 Å². The quantitative estimate of drug-likeness (QED) is 0.0334. The second-order valence-corrected chi connectivity index (χ2v) is 38.8. The van der Waals surface area contributed by atoms with E-state index in [9.17, 15) is 0 Å². The van der Waals surface area contributed by atoms with Crippen molar-refractivity contribution >= 4 is 0 Å². The number of nitrogens with zero attached hydrogens (tertiary/aromatic N) is 16. The lowest BCUT2D eigenvalue weighted by Crippen LogP contribution is -2.01. The number of hydrogen-bond donors (Lipinski definition) is 0. The summed E-state index contributed by atoms with van der Waals surface area (Å²) >= 11 is 0. The second-order valence-electron chi connectivity index (χ2n) is 38.8. The van der Waals surface area contributed by atoms with Crippen molar-refractivity contribution in [2.45, 2.75) is 455 Å². The Morgan fingerprint density at radius 1 is 0.325 bits per heavy atom. The molecular formula is C102H196N16O2. The first-order chi connectivity index (χ1) is 54.4. The fourth-order valence-electron chi connectivity index (χ4n) is 10.4. The first kappa shape index (κ1) is 122. The third kappa shape index (κ3) is 63.2. The lowest BCUT2D eigenvalue weighted by molar-refractivity contribution is 0.420. The van der Waals surface area contributed by atoms with Gasteiger partial charge in [0.2, 0.25) is 0 Å². The van der Waals surface area contributed by atoms with E-state index in [1.807, 2.05) is 57.7 Å². The van der Waals surface area contributed by atoms with Crippen molar-refractivity contribution in [3.63, 3.8) is 0 Å². The summed E-state index contributed by atoms with van der Waals surface area (Å²) in [6.45, 7) is 82.3. The molecule has 8 heterocycles. The SMILES string of the molecule is C.C.C.C.CC(C)CCC=CCCC(C)C.CC(C)CCc1cn(CCC(C)C)cn1.CC(C)CCc1cn(CCC(C)C)nn1.CC(C)CCc1cnc(CCC(C)C)o1.CC(C)CCc1cnn(CCC(C)C)c1.CC(C)c1cn(C(C)C)cn1.CC(C)c1cn(C(C)C)nn1.CC(C)c1cnc(C(C)C)o1.CC(C)c1cnn(C(C)C)c1. The van der Waals surface area contributed by atoms with E-state index < -0.39 is 0 Å². The van der Waals surface area contributed by atoms with Gasteiger partial charge in [0.1, 0.15) is 11.5 Å². The van der Waals surface area contributed by atoms with Crippen LogP contribution < -0.4 is 0 Å². The van der Waals surface area contributed by atoms with E-state index in [4.69, 9.17) is 8.83 Å². The molecule has 0 radical (unpaired) electrons. The van der Waals surface area contributed by atoms with Crippen molar-refractivity contribution in [3.05, 3.63) is 144 Å². The smallest absolute Gasteiger partial charge is 0.196 e. The normalized spacial score (nSPS) is 11.2. The van der Waals surface area contributed by atoms with Crippen molar-refractivity contribution in [3.8, 4) is 0 Å². The predicted octanol–water partition coefficient (Wildman–Crippen LogP) is 30.8. The van der Waals surface area contributed by atoms with Gasteiger partial charge in [0.25, 0.3) is 0 Å². The molecule has 8 aromatic heterocycles. The number of imidazole rings is 2. The summed E-state index contributed by atoms with van der Waals surface area (Å²) in [5.74, 6) is 13.9. The van der Waals surface area contributed by atoms with Gasteiger partial charge in [0, 0.05) is 99.6 Å². The molecule has 18 nitrogen and oxygen atoms in total. The zero-order chi connectivity index (χ0) is 88.2. The summed E-state index contributed by atoms with van der Waals surface area (Å²) < 4.78 is 23.4. The van der Waals surface area contributed by atoms with Crippen LogP contribution in [0.15, 0.2) is 95.6 Å². The van der Waals surface area contributed by atoms with Crippen LogP contribution in [0.25, 0.3) is 0 Å². The Hall–Kier alpha value is -6.72. The molecule has 696 valence electrons. The Balaban J connectivity index is -0.000000413. The van der Waals surface area contributed by atoms with E-state index in [0.717, 1.165) is 146 Å². The van der Waals surface area contributed by atoms with E-state index in [-0.39, 0.29) is 29.7 Å². The average Bonchev–Trinajstić information content (AvgIpc) is 1.76. The Kier molecular flexibility index (Phi) is 70.7. The topological polar surface area (TPSA) is 185 Å². The molecule has 0 aliphatic carbocycles. The van der Waals surface area contributed by atoms with Crippen molar-refractivity contribution in [1.29, 1.82) is 0 Å². The van der Waals surface area contributed by atoms with Crippen LogP contribution >= 0.6 is 0 Å². The van der Waals surface area contributed by atoms with Gasteiger partial charge in [-0.25, -0.2) is 24.6 Å². The maximum absolute atomic E-state index is 5.67.